The molecule has 31 heavy (non-hydrogen) atoms. The highest BCUT2D eigenvalue weighted by Gasteiger charge is 2.32. The minimum absolute atomic E-state index is 0.894. The molecule has 6 aromatic rings. The normalized spacial score (nSPS) is 13.5. The standard InChI is InChI=1S/C27H16N4/c1-2-5-17-15(4-1)12-21-18(17)8-7-16-13-22-26(24(16)21)30-27-20-6-3-10-29-25(20)19-9-11-28-14-23(19)31(22)27/h1-11,14H,12-13H2. The van der Waals surface area contributed by atoms with Gasteiger partial charge in [0.05, 0.1) is 28.6 Å². The van der Waals surface area contributed by atoms with E-state index >= 15 is 0 Å². The predicted octanol–water partition coefficient (Wildman–Crippen LogP) is 5.57. The zero-order valence-electron chi connectivity index (χ0n) is 16.6. The summed E-state index contributed by atoms with van der Waals surface area (Å²) in [5.41, 5.74) is 13.7. The van der Waals surface area contributed by atoms with Gasteiger partial charge in [0.1, 0.15) is 5.65 Å². The second kappa shape index (κ2) is 5.35. The molecule has 8 rings (SSSR count). The number of fused-ring (bicyclic) bond motifs is 14. The minimum Gasteiger partial charge on any atom is -0.293 e. The van der Waals surface area contributed by atoms with Crippen LogP contribution in [0.15, 0.2) is 73.2 Å². The number of aromatic nitrogens is 4. The third-order valence-electron chi connectivity index (χ3n) is 6.99. The molecule has 0 amide bonds. The van der Waals surface area contributed by atoms with Crippen LogP contribution < -0.4 is 0 Å². The molecule has 2 aromatic carbocycles. The lowest BCUT2D eigenvalue weighted by Crippen LogP contribution is -1.97. The van der Waals surface area contributed by atoms with Crippen LogP contribution in [-0.2, 0) is 12.8 Å². The maximum absolute atomic E-state index is 5.25. The van der Waals surface area contributed by atoms with Crippen molar-refractivity contribution in [3.8, 4) is 22.4 Å². The van der Waals surface area contributed by atoms with Gasteiger partial charge in [0.2, 0.25) is 0 Å². The number of nitrogens with zero attached hydrogens (tertiary/aromatic N) is 4. The van der Waals surface area contributed by atoms with Gasteiger partial charge in [-0.25, -0.2) is 4.98 Å². The summed E-state index contributed by atoms with van der Waals surface area (Å²) in [5.74, 6) is 0. The molecule has 0 saturated carbocycles. The zero-order valence-corrected chi connectivity index (χ0v) is 16.6. The van der Waals surface area contributed by atoms with E-state index in [1.807, 2.05) is 24.7 Å². The molecule has 4 heterocycles. The van der Waals surface area contributed by atoms with Crippen LogP contribution >= 0.6 is 0 Å². The van der Waals surface area contributed by atoms with Crippen LogP contribution in [0.5, 0.6) is 0 Å². The number of rotatable bonds is 0. The maximum Gasteiger partial charge on any atom is 0.147 e. The Hall–Kier alpha value is -4.05. The summed E-state index contributed by atoms with van der Waals surface area (Å²) in [6, 6.07) is 19.6. The Morgan fingerprint density at radius 3 is 2.74 bits per heavy atom. The SMILES string of the molecule is c1ccc2c(c1)Cc1c-2ccc2c1-c1nc3c4cccnc4c4ccncc4n3c1C2. The largest absolute Gasteiger partial charge is 0.293 e. The van der Waals surface area contributed by atoms with Gasteiger partial charge in [0.15, 0.2) is 0 Å². The molecule has 0 N–H and O–H groups in total. The molecule has 2 aliphatic carbocycles. The molecule has 4 nitrogen and oxygen atoms in total. The Morgan fingerprint density at radius 1 is 0.774 bits per heavy atom. The predicted molar refractivity (Wildman–Crippen MR) is 122 cm³/mol. The lowest BCUT2D eigenvalue weighted by Gasteiger charge is -2.09. The minimum atomic E-state index is 0.894. The molecule has 144 valence electrons. The van der Waals surface area contributed by atoms with Crippen LogP contribution in [0.2, 0.25) is 0 Å². The van der Waals surface area contributed by atoms with Gasteiger partial charge in [-0.1, -0.05) is 36.4 Å². The molecular formula is C27H16N4. The summed E-state index contributed by atoms with van der Waals surface area (Å²) in [5, 5.41) is 2.21. The number of pyridine rings is 3. The van der Waals surface area contributed by atoms with Crippen molar-refractivity contribution in [2.45, 2.75) is 12.8 Å². The van der Waals surface area contributed by atoms with Crippen molar-refractivity contribution in [1.29, 1.82) is 0 Å². The second-order valence-corrected chi connectivity index (χ2v) is 8.50. The van der Waals surface area contributed by atoms with E-state index in [4.69, 9.17) is 9.97 Å². The van der Waals surface area contributed by atoms with Crippen LogP contribution in [0, 0.1) is 0 Å². The van der Waals surface area contributed by atoms with E-state index in [2.05, 4.69) is 57.9 Å². The lowest BCUT2D eigenvalue weighted by atomic mass is 9.97. The second-order valence-electron chi connectivity index (χ2n) is 8.50. The highest BCUT2D eigenvalue weighted by atomic mass is 15.0. The Morgan fingerprint density at radius 2 is 1.74 bits per heavy atom. The van der Waals surface area contributed by atoms with Crippen LogP contribution in [0.4, 0.5) is 0 Å². The maximum atomic E-state index is 5.25. The van der Waals surface area contributed by atoms with Crippen molar-refractivity contribution >= 4 is 27.5 Å². The van der Waals surface area contributed by atoms with Crippen molar-refractivity contribution in [2.75, 3.05) is 0 Å². The first kappa shape index (κ1) is 15.7. The Labute approximate surface area is 177 Å². The molecule has 0 bridgehead atoms. The Bertz CT molecular complexity index is 1740. The smallest absolute Gasteiger partial charge is 0.147 e. The van der Waals surface area contributed by atoms with Crippen molar-refractivity contribution in [3.63, 3.8) is 0 Å². The van der Waals surface area contributed by atoms with Gasteiger partial charge in [-0.15, -0.1) is 0 Å². The third-order valence-corrected chi connectivity index (χ3v) is 6.99. The van der Waals surface area contributed by atoms with Gasteiger partial charge >= 0.3 is 0 Å². The molecule has 2 aliphatic rings. The summed E-state index contributed by atoms with van der Waals surface area (Å²) in [4.78, 5) is 14.4. The highest BCUT2D eigenvalue weighted by Crippen LogP contribution is 2.48. The molecule has 4 aromatic heterocycles. The molecule has 0 spiro atoms. The lowest BCUT2D eigenvalue weighted by molar-refractivity contribution is 1.08. The fourth-order valence-corrected chi connectivity index (χ4v) is 5.70. The zero-order chi connectivity index (χ0) is 20.1. The van der Waals surface area contributed by atoms with Crippen LogP contribution in [0.3, 0.4) is 0 Å². The van der Waals surface area contributed by atoms with E-state index in [9.17, 15) is 0 Å². The highest BCUT2D eigenvalue weighted by molar-refractivity contribution is 6.10. The fraction of sp³-hybridized carbons (Fsp3) is 0.0741. The molecule has 0 atom stereocenters. The van der Waals surface area contributed by atoms with Gasteiger partial charge in [-0.2, -0.15) is 0 Å². The van der Waals surface area contributed by atoms with Gasteiger partial charge < -0.3 is 0 Å². The first-order chi connectivity index (χ1) is 15.4. The molecule has 0 unspecified atom stereocenters. The summed E-state index contributed by atoms with van der Waals surface area (Å²) in [7, 11) is 0. The van der Waals surface area contributed by atoms with Crippen molar-refractivity contribution in [3.05, 3.63) is 95.6 Å². The number of benzene rings is 2. The quantitative estimate of drug-likeness (QED) is 0.315. The molecule has 0 saturated heterocycles. The molecule has 0 radical (unpaired) electrons. The number of hydrogen-bond acceptors (Lipinski definition) is 3. The molecular weight excluding hydrogens is 380 g/mol. The van der Waals surface area contributed by atoms with E-state index < -0.39 is 0 Å². The van der Waals surface area contributed by atoms with Crippen LogP contribution in [0.1, 0.15) is 22.4 Å². The van der Waals surface area contributed by atoms with E-state index in [1.165, 1.54) is 39.1 Å². The summed E-state index contributed by atoms with van der Waals surface area (Å²) in [6.07, 6.45) is 7.52. The Balaban J connectivity index is 1.52. The summed E-state index contributed by atoms with van der Waals surface area (Å²) >= 11 is 0. The first-order valence-corrected chi connectivity index (χ1v) is 10.6. The van der Waals surface area contributed by atoms with E-state index in [-0.39, 0.29) is 0 Å². The number of hydrogen-bond donors (Lipinski definition) is 0. The summed E-state index contributed by atoms with van der Waals surface area (Å²) < 4.78 is 2.32. The van der Waals surface area contributed by atoms with Crippen molar-refractivity contribution in [2.24, 2.45) is 0 Å². The fourth-order valence-electron chi connectivity index (χ4n) is 5.70. The molecule has 4 heteroatoms. The first-order valence-electron chi connectivity index (χ1n) is 10.6. The van der Waals surface area contributed by atoms with Gasteiger partial charge in [0.25, 0.3) is 0 Å². The van der Waals surface area contributed by atoms with E-state index in [1.54, 1.807) is 0 Å². The monoisotopic (exact) mass is 396 g/mol. The van der Waals surface area contributed by atoms with Crippen LogP contribution in [-0.4, -0.2) is 19.4 Å². The van der Waals surface area contributed by atoms with Gasteiger partial charge in [0, 0.05) is 35.2 Å². The average Bonchev–Trinajstić information content (AvgIpc) is 3.48. The average molecular weight is 396 g/mol. The molecule has 0 aliphatic heterocycles. The van der Waals surface area contributed by atoms with Gasteiger partial charge in [-0.3, -0.25) is 14.4 Å². The topological polar surface area (TPSA) is 43.1 Å². The van der Waals surface area contributed by atoms with Gasteiger partial charge in [-0.05, 0) is 52.4 Å². The van der Waals surface area contributed by atoms with Crippen molar-refractivity contribution in [1.82, 2.24) is 19.4 Å². The Kier molecular flexibility index (Phi) is 2.72. The van der Waals surface area contributed by atoms with Crippen molar-refractivity contribution < 1.29 is 0 Å². The van der Waals surface area contributed by atoms with Crippen LogP contribution in [0.25, 0.3) is 49.8 Å². The number of imidazole rings is 1. The van der Waals surface area contributed by atoms with E-state index in [0.717, 1.165) is 46.0 Å². The van der Waals surface area contributed by atoms with E-state index in [0.29, 0.717) is 0 Å². The molecule has 0 fully saturated rings. The summed E-state index contributed by atoms with van der Waals surface area (Å²) in [6.45, 7) is 0. The third kappa shape index (κ3) is 1.84.